The summed E-state index contributed by atoms with van der Waals surface area (Å²) in [6.45, 7) is 7.71. The Hall–Kier alpha value is -1.99. The van der Waals surface area contributed by atoms with E-state index in [0.29, 0.717) is 0 Å². The Labute approximate surface area is 167 Å². The molecule has 3 rings (SSSR count). The van der Waals surface area contributed by atoms with Crippen molar-refractivity contribution in [2.45, 2.75) is 50.5 Å². The standard InChI is InChI=1S/C22H28O5Si/c1-21(2,3)28(16-11-7-5-8-12-16,17-13-9-6-10-14-17)26-15-18-19(23)22(4,25)20(24)27-18/h5-14,18-19,23,25H,15H2,1-4H3/t18-,19-,22-/m1/s1. The van der Waals surface area contributed by atoms with Crippen molar-refractivity contribution >= 4 is 24.7 Å². The van der Waals surface area contributed by atoms with Crippen molar-refractivity contribution in [3.63, 3.8) is 0 Å². The molecule has 5 nitrogen and oxygen atoms in total. The first-order chi connectivity index (χ1) is 13.1. The first-order valence-corrected chi connectivity index (χ1v) is 11.4. The minimum Gasteiger partial charge on any atom is -0.455 e. The molecule has 0 aliphatic carbocycles. The summed E-state index contributed by atoms with van der Waals surface area (Å²) in [6, 6.07) is 20.2. The van der Waals surface area contributed by atoms with E-state index >= 15 is 0 Å². The third-order valence-electron chi connectivity index (χ3n) is 5.48. The fourth-order valence-corrected chi connectivity index (χ4v) is 8.47. The van der Waals surface area contributed by atoms with Gasteiger partial charge in [-0.2, -0.15) is 0 Å². The van der Waals surface area contributed by atoms with Crippen LogP contribution in [0.25, 0.3) is 0 Å². The fourth-order valence-electron chi connectivity index (χ4n) is 3.90. The van der Waals surface area contributed by atoms with Gasteiger partial charge in [0.1, 0.15) is 6.10 Å². The van der Waals surface area contributed by atoms with Crippen molar-refractivity contribution in [2.24, 2.45) is 0 Å². The summed E-state index contributed by atoms with van der Waals surface area (Å²) < 4.78 is 11.9. The number of hydrogen-bond donors (Lipinski definition) is 2. The van der Waals surface area contributed by atoms with Gasteiger partial charge in [-0.05, 0) is 22.3 Å². The van der Waals surface area contributed by atoms with Crippen LogP contribution in [-0.2, 0) is 14.0 Å². The molecule has 0 unspecified atom stereocenters. The zero-order valence-corrected chi connectivity index (χ0v) is 17.8. The van der Waals surface area contributed by atoms with Crippen LogP contribution in [0.5, 0.6) is 0 Å². The maximum Gasteiger partial charge on any atom is 0.341 e. The van der Waals surface area contributed by atoms with Crippen LogP contribution in [0.4, 0.5) is 0 Å². The second-order valence-electron chi connectivity index (χ2n) is 8.51. The molecular weight excluding hydrogens is 372 g/mol. The topological polar surface area (TPSA) is 76.0 Å². The molecule has 1 aliphatic rings. The predicted octanol–water partition coefficient (Wildman–Crippen LogP) is 1.60. The number of carbonyl (C=O) groups is 1. The lowest BCUT2D eigenvalue weighted by atomic mass is 9.99. The van der Waals surface area contributed by atoms with Gasteiger partial charge in [0.2, 0.25) is 0 Å². The van der Waals surface area contributed by atoms with E-state index in [4.69, 9.17) is 9.16 Å². The quantitative estimate of drug-likeness (QED) is 0.589. The molecule has 1 fully saturated rings. The van der Waals surface area contributed by atoms with Gasteiger partial charge in [0, 0.05) is 0 Å². The number of carbonyl (C=O) groups excluding carboxylic acids is 1. The van der Waals surface area contributed by atoms with Crippen LogP contribution >= 0.6 is 0 Å². The van der Waals surface area contributed by atoms with Gasteiger partial charge in [-0.25, -0.2) is 4.79 Å². The molecule has 0 aromatic heterocycles. The first-order valence-electron chi connectivity index (χ1n) is 9.47. The molecule has 2 aromatic rings. The molecular formula is C22H28O5Si. The van der Waals surface area contributed by atoms with E-state index < -0.39 is 32.1 Å². The van der Waals surface area contributed by atoms with Crippen LogP contribution in [0.15, 0.2) is 60.7 Å². The van der Waals surface area contributed by atoms with Gasteiger partial charge in [0.15, 0.2) is 11.7 Å². The SMILES string of the molecule is CC(C)(C)[Si](OC[C@H]1OC(=O)[C@](C)(O)[C@@H]1O)(c1ccccc1)c1ccccc1. The van der Waals surface area contributed by atoms with Gasteiger partial charge < -0.3 is 19.4 Å². The lowest BCUT2D eigenvalue weighted by molar-refractivity contribution is -0.155. The van der Waals surface area contributed by atoms with E-state index in [-0.39, 0.29) is 11.6 Å². The van der Waals surface area contributed by atoms with Crippen molar-refractivity contribution in [2.75, 3.05) is 6.61 Å². The largest absolute Gasteiger partial charge is 0.455 e. The number of cyclic esters (lactones) is 1. The van der Waals surface area contributed by atoms with Gasteiger partial charge in [0.05, 0.1) is 6.61 Å². The molecule has 3 atom stereocenters. The average Bonchev–Trinajstić information content (AvgIpc) is 2.85. The second kappa shape index (κ2) is 7.44. The molecule has 2 aromatic carbocycles. The molecule has 28 heavy (non-hydrogen) atoms. The van der Waals surface area contributed by atoms with Gasteiger partial charge >= 0.3 is 5.97 Å². The number of ether oxygens (including phenoxy) is 1. The number of aliphatic hydroxyl groups is 2. The summed E-state index contributed by atoms with van der Waals surface area (Å²) in [4.78, 5) is 11.9. The maximum atomic E-state index is 11.9. The summed E-state index contributed by atoms with van der Waals surface area (Å²) >= 11 is 0. The van der Waals surface area contributed by atoms with Crippen molar-refractivity contribution in [1.82, 2.24) is 0 Å². The molecule has 0 spiro atoms. The van der Waals surface area contributed by atoms with Gasteiger partial charge in [-0.15, -0.1) is 0 Å². The van der Waals surface area contributed by atoms with Crippen LogP contribution in [-0.4, -0.2) is 48.9 Å². The molecule has 1 heterocycles. The molecule has 0 bridgehead atoms. The highest BCUT2D eigenvalue weighted by atomic mass is 28.4. The molecule has 0 saturated carbocycles. The average molecular weight is 401 g/mol. The number of rotatable bonds is 5. The van der Waals surface area contributed by atoms with Crippen LogP contribution < -0.4 is 10.4 Å². The zero-order chi connectivity index (χ0) is 20.6. The number of benzene rings is 2. The summed E-state index contributed by atoms with van der Waals surface area (Å²) in [5.74, 6) is -0.823. The smallest absolute Gasteiger partial charge is 0.341 e. The highest BCUT2D eigenvalue weighted by molar-refractivity contribution is 6.99. The predicted molar refractivity (Wildman–Crippen MR) is 110 cm³/mol. The molecule has 1 saturated heterocycles. The Morgan fingerprint density at radius 3 is 1.86 bits per heavy atom. The highest BCUT2D eigenvalue weighted by Gasteiger charge is 2.55. The maximum absolute atomic E-state index is 11.9. The minimum absolute atomic E-state index is 0.0103. The van der Waals surface area contributed by atoms with Crippen LogP contribution in [0, 0.1) is 0 Å². The first kappa shape index (κ1) is 20.7. The van der Waals surface area contributed by atoms with Gasteiger partial charge in [-0.3, -0.25) is 0 Å². The number of hydrogen-bond acceptors (Lipinski definition) is 5. The van der Waals surface area contributed by atoms with E-state index in [0.717, 1.165) is 10.4 Å². The second-order valence-corrected chi connectivity index (χ2v) is 12.8. The normalized spacial score (nSPS) is 25.6. The van der Waals surface area contributed by atoms with Crippen molar-refractivity contribution in [1.29, 1.82) is 0 Å². The Balaban J connectivity index is 2.04. The van der Waals surface area contributed by atoms with E-state index in [9.17, 15) is 15.0 Å². The Kier molecular flexibility index (Phi) is 5.51. The molecule has 0 amide bonds. The minimum atomic E-state index is -2.80. The monoisotopic (exact) mass is 400 g/mol. The number of aliphatic hydroxyl groups excluding tert-OH is 1. The van der Waals surface area contributed by atoms with Crippen LogP contribution in [0.3, 0.4) is 0 Å². The lowest BCUT2D eigenvalue weighted by Gasteiger charge is -2.43. The Morgan fingerprint density at radius 2 is 1.50 bits per heavy atom. The summed E-state index contributed by atoms with van der Waals surface area (Å²) in [7, 11) is -2.80. The Morgan fingerprint density at radius 1 is 1.04 bits per heavy atom. The fraction of sp³-hybridized carbons (Fsp3) is 0.409. The Bertz CT molecular complexity index is 774. The molecule has 1 aliphatic heterocycles. The lowest BCUT2D eigenvalue weighted by Crippen LogP contribution is -2.67. The van der Waals surface area contributed by atoms with Crippen LogP contribution in [0.2, 0.25) is 5.04 Å². The summed E-state index contributed by atoms with van der Waals surface area (Å²) in [5, 5.41) is 22.5. The highest BCUT2D eigenvalue weighted by Crippen LogP contribution is 2.37. The van der Waals surface area contributed by atoms with Crippen molar-refractivity contribution < 1.29 is 24.2 Å². The summed E-state index contributed by atoms with van der Waals surface area (Å²) in [5.41, 5.74) is -1.92. The van der Waals surface area contributed by atoms with Crippen molar-refractivity contribution in [3.8, 4) is 0 Å². The van der Waals surface area contributed by atoms with E-state index in [1.165, 1.54) is 6.92 Å². The van der Waals surface area contributed by atoms with E-state index in [1.807, 2.05) is 36.4 Å². The molecule has 150 valence electrons. The van der Waals surface area contributed by atoms with E-state index in [2.05, 4.69) is 45.0 Å². The van der Waals surface area contributed by atoms with Gasteiger partial charge in [-0.1, -0.05) is 81.4 Å². The number of esters is 1. The van der Waals surface area contributed by atoms with Crippen LogP contribution in [0.1, 0.15) is 27.7 Å². The molecule has 2 N–H and O–H groups in total. The van der Waals surface area contributed by atoms with Crippen molar-refractivity contribution in [3.05, 3.63) is 60.7 Å². The third kappa shape index (κ3) is 3.41. The zero-order valence-electron chi connectivity index (χ0n) is 16.8. The molecule has 6 heteroatoms. The van der Waals surface area contributed by atoms with Gasteiger partial charge in [0.25, 0.3) is 8.32 Å². The molecule has 0 radical (unpaired) electrons. The summed E-state index contributed by atoms with van der Waals surface area (Å²) in [6.07, 6.45) is -2.25. The van der Waals surface area contributed by atoms with E-state index in [1.54, 1.807) is 0 Å². The third-order valence-corrected chi connectivity index (χ3v) is 10.5.